The second-order valence-corrected chi connectivity index (χ2v) is 7.67. The number of hydrogen-bond acceptors (Lipinski definition) is 4. The van der Waals surface area contributed by atoms with Gasteiger partial charge in [-0.25, -0.2) is 4.79 Å². The van der Waals surface area contributed by atoms with Gasteiger partial charge < -0.3 is 9.84 Å². The molecule has 5 nitrogen and oxygen atoms in total. The molecular formula is C27H20N2O3. The van der Waals surface area contributed by atoms with Crippen molar-refractivity contribution < 1.29 is 14.6 Å². The number of amidine groups is 1. The quantitative estimate of drug-likeness (QED) is 0.569. The van der Waals surface area contributed by atoms with Crippen molar-refractivity contribution in [3.63, 3.8) is 0 Å². The van der Waals surface area contributed by atoms with Gasteiger partial charge in [-0.3, -0.25) is 0 Å². The van der Waals surface area contributed by atoms with Crippen LogP contribution in [-0.2, 0) is 0 Å². The van der Waals surface area contributed by atoms with Crippen molar-refractivity contribution >= 4 is 23.3 Å². The van der Waals surface area contributed by atoms with Crippen LogP contribution in [0.15, 0.2) is 101 Å². The molecule has 0 saturated heterocycles. The van der Waals surface area contributed by atoms with E-state index in [-0.39, 0.29) is 11.6 Å². The average Bonchev–Trinajstić information content (AvgIpc) is 3.22. The summed E-state index contributed by atoms with van der Waals surface area (Å²) in [5, 5.41) is 9.31. The Kier molecular flexibility index (Phi) is 5.00. The van der Waals surface area contributed by atoms with Gasteiger partial charge >= 0.3 is 12.0 Å². The van der Waals surface area contributed by atoms with Crippen LogP contribution in [0, 0.1) is 6.92 Å². The number of hydrogen-bond donors (Lipinski definition) is 1. The standard InChI is InChI=1S/C27H20N2O3/c1-17-7-13-22(16-23(17)26(30)31)32-27-28-24-14-12-21(15-25(24)29-27)20-10-8-19(9-11-20)18-5-3-2-4-6-18/h2-13,15-16H,14H2,1H3,(H,30,31). The Hall–Kier alpha value is -4.25. The van der Waals surface area contributed by atoms with E-state index in [1.807, 2.05) is 24.3 Å². The molecule has 3 aromatic carbocycles. The molecule has 1 aliphatic heterocycles. The number of aryl methyl sites for hydroxylation is 1. The summed E-state index contributed by atoms with van der Waals surface area (Å²) in [6.45, 7) is 1.75. The molecule has 0 fully saturated rings. The fourth-order valence-electron chi connectivity index (χ4n) is 3.78. The molecular weight excluding hydrogens is 400 g/mol. The minimum atomic E-state index is -0.990. The number of fused-ring (bicyclic) bond motifs is 1. The first-order chi connectivity index (χ1) is 15.6. The molecule has 0 amide bonds. The second-order valence-electron chi connectivity index (χ2n) is 7.67. The number of carbonyl (C=O) groups is 1. The number of allylic oxidation sites excluding steroid dienone is 4. The summed E-state index contributed by atoms with van der Waals surface area (Å²) in [7, 11) is 0. The van der Waals surface area contributed by atoms with E-state index >= 15 is 0 Å². The van der Waals surface area contributed by atoms with Crippen LogP contribution in [0.3, 0.4) is 0 Å². The highest BCUT2D eigenvalue weighted by molar-refractivity contribution is 6.15. The number of ether oxygens (including phenoxy) is 1. The lowest BCUT2D eigenvalue weighted by Crippen LogP contribution is -2.06. The zero-order valence-electron chi connectivity index (χ0n) is 17.4. The summed E-state index contributed by atoms with van der Waals surface area (Å²) >= 11 is 0. The number of rotatable bonds is 4. The Morgan fingerprint density at radius 3 is 2.38 bits per heavy atom. The second kappa shape index (κ2) is 8.12. The molecule has 0 unspecified atom stereocenters. The zero-order chi connectivity index (χ0) is 22.1. The molecule has 2 aliphatic rings. The van der Waals surface area contributed by atoms with Crippen molar-refractivity contribution in [2.75, 3.05) is 0 Å². The van der Waals surface area contributed by atoms with Crippen molar-refractivity contribution in [2.24, 2.45) is 9.98 Å². The molecule has 0 spiro atoms. The van der Waals surface area contributed by atoms with Crippen molar-refractivity contribution in [2.45, 2.75) is 13.3 Å². The van der Waals surface area contributed by atoms with Gasteiger partial charge in [-0.15, -0.1) is 0 Å². The van der Waals surface area contributed by atoms with E-state index in [2.05, 4.69) is 52.5 Å². The predicted octanol–water partition coefficient (Wildman–Crippen LogP) is 5.92. The van der Waals surface area contributed by atoms with E-state index in [1.165, 1.54) is 17.2 Å². The first kappa shape index (κ1) is 19.7. The number of nitrogens with zero attached hydrogens (tertiary/aromatic N) is 2. The minimum Gasteiger partial charge on any atom is -0.478 e. The highest BCUT2D eigenvalue weighted by Crippen LogP contribution is 2.30. The van der Waals surface area contributed by atoms with Crippen LogP contribution in [0.4, 0.5) is 0 Å². The van der Waals surface area contributed by atoms with Gasteiger partial charge in [0, 0.05) is 6.42 Å². The van der Waals surface area contributed by atoms with Crippen LogP contribution in [0.1, 0.15) is 27.9 Å². The van der Waals surface area contributed by atoms with Gasteiger partial charge in [0.05, 0.1) is 17.0 Å². The van der Waals surface area contributed by atoms with Crippen LogP contribution in [0.2, 0.25) is 0 Å². The van der Waals surface area contributed by atoms with Crippen LogP contribution < -0.4 is 4.74 Å². The third kappa shape index (κ3) is 3.88. The van der Waals surface area contributed by atoms with Crippen molar-refractivity contribution in [1.29, 1.82) is 0 Å². The average molecular weight is 420 g/mol. The van der Waals surface area contributed by atoms with E-state index in [4.69, 9.17) is 4.74 Å². The van der Waals surface area contributed by atoms with Gasteiger partial charge in [-0.2, -0.15) is 9.98 Å². The largest absolute Gasteiger partial charge is 0.478 e. The highest BCUT2D eigenvalue weighted by atomic mass is 16.5. The van der Waals surface area contributed by atoms with E-state index < -0.39 is 5.97 Å². The molecule has 1 heterocycles. The summed E-state index contributed by atoms with van der Waals surface area (Å²) in [4.78, 5) is 20.3. The van der Waals surface area contributed by atoms with Crippen LogP contribution in [0.25, 0.3) is 16.7 Å². The SMILES string of the molecule is Cc1ccc(OC2=NC3=CC(c4ccc(-c5ccccc5)cc4)=CCC3=N2)cc1C(=O)O. The summed E-state index contributed by atoms with van der Waals surface area (Å²) in [5.41, 5.74) is 7.06. The van der Waals surface area contributed by atoms with Gasteiger partial charge in [0.1, 0.15) is 5.75 Å². The lowest BCUT2D eigenvalue weighted by molar-refractivity contribution is 0.0695. The normalized spacial score (nSPS) is 14.7. The summed E-state index contributed by atoms with van der Waals surface area (Å²) in [5.74, 6) is -0.587. The smallest absolute Gasteiger partial charge is 0.336 e. The third-order valence-corrected chi connectivity index (χ3v) is 5.52. The Balaban J connectivity index is 1.35. The number of carboxylic acid groups (broad SMARTS) is 1. The summed E-state index contributed by atoms with van der Waals surface area (Å²) < 4.78 is 5.75. The monoisotopic (exact) mass is 420 g/mol. The first-order valence-electron chi connectivity index (χ1n) is 10.3. The fraction of sp³-hybridized carbons (Fsp3) is 0.0741. The van der Waals surface area contributed by atoms with Crippen molar-refractivity contribution in [3.05, 3.63) is 107 Å². The molecule has 0 aromatic heterocycles. The molecule has 5 heteroatoms. The van der Waals surface area contributed by atoms with Gasteiger partial charge in [0.2, 0.25) is 0 Å². The Labute approximate surface area is 185 Å². The molecule has 1 N–H and O–H groups in total. The minimum absolute atomic E-state index is 0.202. The molecule has 1 aliphatic carbocycles. The van der Waals surface area contributed by atoms with E-state index in [9.17, 15) is 9.90 Å². The lowest BCUT2D eigenvalue weighted by Gasteiger charge is -2.11. The Morgan fingerprint density at radius 1 is 0.906 bits per heavy atom. The maximum Gasteiger partial charge on any atom is 0.336 e. The summed E-state index contributed by atoms with van der Waals surface area (Å²) in [6.07, 6.45) is 4.80. The predicted molar refractivity (Wildman–Crippen MR) is 126 cm³/mol. The molecule has 0 atom stereocenters. The number of aromatic carboxylic acids is 1. The third-order valence-electron chi connectivity index (χ3n) is 5.52. The van der Waals surface area contributed by atoms with Gasteiger partial charge in [-0.1, -0.05) is 66.7 Å². The Morgan fingerprint density at radius 2 is 1.62 bits per heavy atom. The van der Waals surface area contributed by atoms with Crippen LogP contribution in [0.5, 0.6) is 5.75 Å². The maximum absolute atomic E-state index is 11.4. The first-order valence-corrected chi connectivity index (χ1v) is 10.3. The van der Waals surface area contributed by atoms with Crippen molar-refractivity contribution in [1.82, 2.24) is 0 Å². The highest BCUT2D eigenvalue weighted by Gasteiger charge is 2.21. The molecule has 156 valence electrons. The van der Waals surface area contributed by atoms with Gasteiger partial charge in [0.25, 0.3) is 0 Å². The number of carboxylic acids is 1. The van der Waals surface area contributed by atoms with Gasteiger partial charge in [0.15, 0.2) is 0 Å². The van der Waals surface area contributed by atoms with Crippen LogP contribution in [-0.4, -0.2) is 22.8 Å². The number of benzene rings is 3. The van der Waals surface area contributed by atoms with E-state index in [0.29, 0.717) is 17.7 Å². The topological polar surface area (TPSA) is 71.2 Å². The number of aliphatic imine (C=N–C) groups is 2. The summed E-state index contributed by atoms with van der Waals surface area (Å²) in [6, 6.07) is 23.9. The molecule has 0 radical (unpaired) electrons. The molecule has 3 aromatic rings. The van der Waals surface area contributed by atoms with Crippen LogP contribution >= 0.6 is 0 Å². The molecule has 0 bridgehead atoms. The molecule has 32 heavy (non-hydrogen) atoms. The molecule has 5 rings (SSSR count). The van der Waals surface area contributed by atoms with E-state index in [1.54, 1.807) is 19.1 Å². The molecule has 0 saturated carbocycles. The lowest BCUT2D eigenvalue weighted by atomic mass is 9.95. The van der Waals surface area contributed by atoms with E-state index in [0.717, 1.165) is 22.5 Å². The maximum atomic E-state index is 11.4. The zero-order valence-corrected chi connectivity index (χ0v) is 17.4. The fourth-order valence-corrected chi connectivity index (χ4v) is 3.78. The van der Waals surface area contributed by atoms with Crippen molar-refractivity contribution in [3.8, 4) is 16.9 Å². The van der Waals surface area contributed by atoms with Gasteiger partial charge in [-0.05, 0) is 53.0 Å². The Bertz CT molecular complexity index is 1330.